The van der Waals surface area contributed by atoms with Crippen LogP contribution in [0.5, 0.6) is 0 Å². The number of morpholine rings is 1. The van der Waals surface area contributed by atoms with Gasteiger partial charge in [0.1, 0.15) is 5.69 Å². The van der Waals surface area contributed by atoms with Gasteiger partial charge in [-0.2, -0.15) is 4.31 Å². The van der Waals surface area contributed by atoms with Gasteiger partial charge in [-0.3, -0.25) is 15.0 Å². The van der Waals surface area contributed by atoms with Crippen LogP contribution in [0.4, 0.5) is 11.4 Å². The summed E-state index contributed by atoms with van der Waals surface area (Å²) in [6.07, 6.45) is 0. The van der Waals surface area contributed by atoms with Crippen LogP contribution in [0, 0.1) is 17.0 Å². The molecular formula is C22H28N4O5S. The van der Waals surface area contributed by atoms with Gasteiger partial charge in [-0.15, -0.1) is 0 Å². The van der Waals surface area contributed by atoms with Gasteiger partial charge in [-0.1, -0.05) is 24.3 Å². The van der Waals surface area contributed by atoms with E-state index in [9.17, 15) is 18.5 Å². The van der Waals surface area contributed by atoms with E-state index in [4.69, 9.17) is 4.74 Å². The maximum absolute atomic E-state index is 12.9. The molecule has 0 atom stereocenters. The van der Waals surface area contributed by atoms with Gasteiger partial charge in [-0.05, 0) is 30.2 Å². The van der Waals surface area contributed by atoms with Crippen LogP contribution in [-0.4, -0.2) is 75.0 Å². The molecule has 0 aliphatic carbocycles. The highest BCUT2D eigenvalue weighted by Gasteiger charge is 2.30. The molecule has 9 nitrogen and oxygen atoms in total. The van der Waals surface area contributed by atoms with Crippen LogP contribution in [0.3, 0.4) is 0 Å². The molecule has 2 fully saturated rings. The lowest BCUT2D eigenvalue weighted by atomic mass is 10.1. The summed E-state index contributed by atoms with van der Waals surface area (Å²) in [4.78, 5) is 15.6. The van der Waals surface area contributed by atoms with Crippen molar-refractivity contribution in [2.24, 2.45) is 0 Å². The van der Waals surface area contributed by atoms with Crippen molar-refractivity contribution in [3.05, 3.63) is 63.7 Å². The topological polar surface area (TPSA) is 96.2 Å². The molecule has 4 rings (SSSR count). The molecule has 0 N–H and O–H groups in total. The Morgan fingerprint density at radius 3 is 2.34 bits per heavy atom. The third kappa shape index (κ3) is 4.78. The normalized spacial score (nSPS) is 18.6. The summed E-state index contributed by atoms with van der Waals surface area (Å²) in [6.45, 7) is 6.93. The molecular weight excluding hydrogens is 432 g/mol. The van der Waals surface area contributed by atoms with Crippen LogP contribution < -0.4 is 4.90 Å². The lowest BCUT2D eigenvalue weighted by Crippen LogP contribution is -2.46. The summed E-state index contributed by atoms with van der Waals surface area (Å²) in [7, 11) is -3.79. The van der Waals surface area contributed by atoms with E-state index in [0.29, 0.717) is 32.0 Å². The minimum Gasteiger partial charge on any atom is -0.379 e. The highest BCUT2D eigenvalue weighted by molar-refractivity contribution is 7.89. The van der Waals surface area contributed by atoms with Gasteiger partial charge in [0.2, 0.25) is 10.0 Å². The van der Waals surface area contributed by atoms with E-state index in [1.54, 1.807) is 6.07 Å². The first kappa shape index (κ1) is 22.7. The molecule has 2 aliphatic heterocycles. The SMILES string of the molecule is Cc1ccccc1CN1CCN(c2ccc(S(=O)(=O)N3CCOCC3)cc2[N+](=O)[O-])CC1. The number of sulfonamides is 1. The number of nitrogens with zero attached hydrogens (tertiary/aromatic N) is 4. The smallest absolute Gasteiger partial charge is 0.293 e. The quantitative estimate of drug-likeness (QED) is 0.482. The number of anilines is 1. The van der Waals surface area contributed by atoms with Gasteiger partial charge in [0.05, 0.1) is 23.0 Å². The van der Waals surface area contributed by atoms with Crippen molar-refractivity contribution in [1.29, 1.82) is 0 Å². The van der Waals surface area contributed by atoms with E-state index in [0.717, 1.165) is 19.6 Å². The molecule has 172 valence electrons. The highest BCUT2D eigenvalue weighted by Crippen LogP contribution is 2.33. The lowest BCUT2D eigenvalue weighted by Gasteiger charge is -2.36. The molecule has 0 saturated carbocycles. The first-order valence-corrected chi connectivity index (χ1v) is 12.2. The molecule has 2 saturated heterocycles. The first-order chi connectivity index (χ1) is 15.4. The van der Waals surface area contributed by atoms with Crippen molar-refractivity contribution in [1.82, 2.24) is 9.21 Å². The number of aryl methyl sites for hydroxylation is 1. The van der Waals surface area contributed by atoms with E-state index in [2.05, 4.69) is 24.0 Å². The van der Waals surface area contributed by atoms with Crippen LogP contribution in [-0.2, 0) is 21.3 Å². The van der Waals surface area contributed by atoms with E-state index in [-0.39, 0.29) is 23.7 Å². The van der Waals surface area contributed by atoms with Crippen LogP contribution in [0.2, 0.25) is 0 Å². The number of hydrogen-bond acceptors (Lipinski definition) is 7. The zero-order valence-electron chi connectivity index (χ0n) is 18.1. The van der Waals surface area contributed by atoms with Crippen molar-refractivity contribution in [2.45, 2.75) is 18.4 Å². The van der Waals surface area contributed by atoms with E-state index < -0.39 is 14.9 Å². The van der Waals surface area contributed by atoms with Crippen molar-refractivity contribution >= 4 is 21.4 Å². The molecule has 0 bridgehead atoms. The van der Waals surface area contributed by atoms with Gasteiger partial charge < -0.3 is 9.64 Å². The second kappa shape index (κ2) is 9.53. The molecule has 0 amide bonds. The predicted molar refractivity (Wildman–Crippen MR) is 121 cm³/mol. The van der Waals surface area contributed by atoms with Crippen LogP contribution in [0.25, 0.3) is 0 Å². The molecule has 10 heteroatoms. The number of rotatable bonds is 6. The minimum absolute atomic E-state index is 0.0481. The van der Waals surface area contributed by atoms with E-state index in [1.165, 1.54) is 27.6 Å². The Kier molecular flexibility index (Phi) is 6.75. The largest absolute Gasteiger partial charge is 0.379 e. The fourth-order valence-corrected chi connectivity index (χ4v) is 5.62. The number of ether oxygens (including phenoxy) is 1. The molecule has 0 spiro atoms. The monoisotopic (exact) mass is 460 g/mol. The number of piperazine rings is 1. The maximum atomic E-state index is 12.9. The Morgan fingerprint density at radius 1 is 1.00 bits per heavy atom. The number of hydrogen-bond donors (Lipinski definition) is 0. The molecule has 0 radical (unpaired) electrons. The fourth-order valence-electron chi connectivity index (χ4n) is 4.19. The Hall–Kier alpha value is -2.53. The first-order valence-electron chi connectivity index (χ1n) is 10.7. The van der Waals surface area contributed by atoms with Crippen molar-refractivity contribution in [3.63, 3.8) is 0 Å². The minimum atomic E-state index is -3.79. The Labute approximate surface area is 188 Å². The number of nitro benzene ring substituents is 1. The zero-order chi connectivity index (χ0) is 22.7. The Bertz CT molecular complexity index is 1080. The fraction of sp³-hybridized carbons (Fsp3) is 0.455. The summed E-state index contributed by atoms with van der Waals surface area (Å²) in [6, 6.07) is 12.5. The summed E-state index contributed by atoms with van der Waals surface area (Å²) in [5, 5.41) is 11.8. The highest BCUT2D eigenvalue weighted by atomic mass is 32.2. The number of nitro groups is 1. The molecule has 0 unspecified atom stereocenters. The third-order valence-electron chi connectivity index (χ3n) is 6.12. The number of benzene rings is 2. The van der Waals surface area contributed by atoms with Gasteiger partial charge in [0.15, 0.2) is 0 Å². The van der Waals surface area contributed by atoms with Crippen molar-refractivity contribution in [3.8, 4) is 0 Å². The average molecular weight is 461 g/mol. The maximum Gasteiger partial charge on any atom is 0.293 e. The summed E-state index contributed by atoms with van der Waals surface area (Å²) in [5.74, 6) is 0. The van der Waals surface area contributed by atoms with Crippen molar-refractivity contribution < 1.29 is 18.1 Å². The molecule has 0 aromatic heterocycles. The van der Waals surface area contributed by atoms with Crippen LogP contribution in [0.1, 0.15) is 11.1 Å². The molecule has 2 aliphatic rings. The molecule has 2 aromatic rings. The lowest BCUT2D eigenvalue weighted by molar-refractivity contribution is -0.384. The van der Waals surface area contributed by atoms with Gasteiger partial charge in [0, 0.05) is 51.9 Å². The standard InChI is InChI=1S/C22H28N4O5S/c1-18-4-2-3-5-19(18)17-23-8-10-24(11-9-23)21-7-6-20(16-22(21)26(27)28)32(29,30)25-12-14-31-15-13-25/h2-7,16H,8-15,17H2,1H3. The second-order valence-electron chi connectivity index (χ2n) is 8.11. The van der Waals surface area contributed by atoms with Gasteiger partial charge in [0.25, 0.3) is 5.69 Å². The summed E-state index contributed by atoms with van der Waals surface area (Å²) >= 11 is 0. The van der Waals surface area contributed by atoms with E-state index >= 15 is 0 Å². The van der Waals surface area contributed by atoms with Crippen LogP contribution in [0.15, 0.2) is 47.4 Å². The zero-order valence-corrected chi connectivity index (χ0v) is 19.0. The van der Waals surface area contributed by atoms with Crippen molar-refractivity contribution in [2.75, 3.05) is 57.4 Å². The predicted octanol–water partition coefficient (Wildman–Crippen LogP) is 2.25. The molecule has 32 heavy (non-hydrogen) atoms. The molecule has 2 aromatic carbocycles. The Balaban J connectivity index is 1.49. The summed E-state index contributed by atoms with van der Waals surface area (Å²) in [5.41, 5.74) is 2.82. The van der Waals surface area contributed by atoms with Crippen LogP contribution >= 0.6 is 0 Å². The van der Waals surface area contributed by atoms with Gasteiger partial charge >= 0.3 is 0 Å². The molecule has 2 heterocycles. The van der Waals surface area contributed by atoms with E-state index in [1.807, 2.05) is 17.0 Å². The second-order valence-corrected chi connectivity index (χ2v) is 10.1. The van der Waals surface area contributed by atoms with Gasteiger partial charge in [-0.25, -0.2) is 8.42 Å². The summed E-state index contributed by atoms with van der Waals surface area (Å²) < 4.78 is 32.4. The third-order valence-corrected chi connectivity index (χ3v) is 8.01. The Morgan fingerprint density at radius 2 is 1.69 bits per heavy atom. The average Bonchev–Trinajstić information content (AvgIpc) is 2.81.